The van der Waals surface area contributed by atoms with Gasteiger partial charge in [0.25, 0.3) is 0 Å². The molecule has 0 aliphatic carbocycles. The van der Waals surface area contributed by atoms with E-state index in [1.165, 1.54) is 0 Å². The van der Waals surface area contributed by atoms with E-state index in [0.29, 0.717) is 0 Å². The van der Waals surface area contributed by atoms with Crippen molar-refractivity contribution in [2.24, 2.45) is 0 Å². The van der Waals surface area contributed by atoms with Crippen molar-refractivity contribution in [2.45, 2.75) is 6.42 Å². The molecule has 0 fully saturated rings. The zero-order valence-corrected chi connectivity index (χ0v) is 7.71. The molecule has 1 rings (SSSR count). The molecular formula is C8H3ClF4O2. The fourth-order valence-electron chi connectivity index (χ4n) is 0.957. The number of benzene rings is 1. The molecule has 0 atom stereocenters. The topological polar surface area (TPSA) is 37.3 Å². The first kappa shape index (κ1) is 11.8. The number of carbonyl (C=O) groups is 1. The van der Waals surface area contributed by atoms with Crippen LogP contribution in [-0.4, -0.2) is 11.1 Å². The van der Waals surface area contributed by atoms with Gasteiger partial charge in [-0.25, -0.2) is 17.6 Å². The maximum Gasteiger partial charge on any atom is 0.308 e. The van der Waals surface area contributed by atoms with Crippen LogP contribution in [0.1, 0.15) is 5.56 Å². The van der Waals surface area contributed by atoms with Gasteiger partial charge >= 0.3 is 5.97 Å². The van der Waals surface area contributed by atoms with Crippen molar-refractivity contribution < 1.29 is 27.5 Å². The Kier molecular flexibility index (Phi) is 3.18. The quantitative estimate of drug-likeness (QED) is 0.492. The van der Waals surface area contributed by atoms with Gasteiger partial charge in [-0.3, -0.25) is 4.79 Å². The molecule has 15 heavy (non-hydrogen) atoms. The van der Waals surface area contributed by atoms with Gasteiger partial charge in [-0.2, -0.15) is 0 Å². The van der Waals surface area contributed by atoms with Gasteiger partial charge in [0.15, 0.2) is 23.3 Å². The van der Waals surface area contributed by atoms with E-state index < -0.39 is 46.2 Å². The van der Waals surface area contributed by atoms with E-state index in [2.05, 4.69) is 0 Å². The fourth-order valence-corrected chi connectivity index (χ4v) is 1.12. The number of aliphatic carboxylic acids is 1. The molecule has 0 aliphatic heterocycles. The SMILES string of the molecule is O=C(O)Cc1c(F)c(F)c(Cl)c(F)c1F. The average Bonchev–Trinajstić information content (AvgIpc) is 2.18. The van der Waals surface area contributed by atoms with Crippen LogP contribution in [0.2, 0.25) is 5.02 Å². The first-order valence-electron chi connectivity index (χ1n) is 3.58. The maximum atomic E-state index is 12.9. The van der Waals surface area contributed by atoms with Crippen LogP contribution in [0.15, 0.2) is 0 Å². The summed E-state index contributed by atoms with van der Waals surface area (Å²) in [6.45, 7) is 0. The average molecular weight is 243 g/mol. The summed E-state index contributed by atoms with van der Waals surface area (Å²) in [6, 6.07) is 0. The molecule has 0 bridgehead atoms. The van der Waals surface area contributed by atoms with Crippen molar-refractivity contribution >= 4 is 17.6 Å². The Morgan fingerprint density at radius 2 is 1.47 bits per heavy atom. The number of hydrogen-bond acceptors (Lipinski definition) is 1. The molecule has 1 aromatic carbocycles. The summed E-state index contributed by atoms with van der Waals surface area (Å²) in [5.74, 6) is -8.80. The van der Waals surface area contributed by atoms with E-state index in [1.807, 2.05) is 0 Å². The van der Waals surface area contributed by atoms with Crippen molar-refractivity contribution in [1.82, 2.24) is 0 Å². The zero-order chi connectivity index (χ0) is 11.7. The molecule has 0 amide bonds. The second-order valence-corrected chi connectivity index (χ2v) is 3.00. The van der Waals surface area contributed by atoms with Crippen LogP contribution < -0.4 is 0 Å². The van der Waals surface area contributed by atoms with Crippen LogP contribution in [0.4, 0.5) is 17.6 Å². The Balaban J connectivity index is 3.45. The lowest BCUT2D eigenvalue weighted by Gasteiger charge is -2.06. The highest BCUT2D eigenvalue weighted by Gasteiger charge is 2.25. The summed E-state index contributed by atoms with van der Waals surface area (Å²) in [6.07, 6.45) is -1.16. The van der Waals surface area contributed by atoms with Crippen LogP contribution >= 0.6 is 11.6 Å². The molecule has 1 aromatic rings. The third-order valence-electron chi connectivity index (χ3n) is 1.63. The molecule has 2 nitrogen and oxygen atoms in total. The normalized spacial score (nSPS) is 10.5. The van der Waals surface area contributed by atoms with E-state index in [0.717, 1.165) is 0 Å². The zero-order valence-electron chi connectivity index (χ0n) is 6.95. The number of hydrogen-bond donors (Lipinski definition) is 1. The van der Waals surface area contributed by atoms with Gasteiger partial charge in [0.05, 0.1) is 6.42 Å². The summed E-state index contributed by atoms with van der Waals surface area (Å²) < 4.78 is 51.4. The van der Waals surface area contributed by atoms with Gasteiger partial charge in [-0.05, 0) is 0 Å². The van der Waals surface area contributed by atoms with E-state index in [1.54, 1.807) is 0 Å². The van der Waals surface area contributed by atoms with Gasteiger partial charge < -0.3 is 5.11 Å². The van der Waals surface area contributed by atoms with Gasteiger partial charge in [-0.1, -0.05) is 11.6 Å². The molecule has 7 heteroatoms. The van der Waals surface area contributed by atoms with Crippen molar-refractivity contribution in [2.75, 3.05) is 0 Å². The highest BCUT2D eigenvalue weighted by molar-refractivity contribution is 6.30. The summed E-state index contributed by atoms with van der Waals surface area (Å²) in [7, 11) is 0. The van der Waals surface area contributed by atoms with Gasteiger partial charge in [0.2, 0.25) is 0 Å². The predicted molar refractivity (Wildman–Crippen MR) is 42.6 cm³/mol. The minimum Gasteiger partial charge on any atom is -0.481 e. The van der Waals surface area contributed by atoms with Crippen molar-refractivity contribution in [3.63, 3.8) is 0 Å². The highest BCUT2D eigenvalue weighted by Crippen LogP contribution is 2.27. The van der Waals surface area contributed by atoms with E-state index in [4.69, 9.17) is 16.7 Å². The molecule has 1 N–H and O–H groups in total. The summed E-state index contributed by atoms with van der Waals surface area (Å²) in [5.41, 5.74) is -1.19. The summed E-state index contributed by atoms with van der Waals surface area (Å²) in [5, 5.41) is 6.92. The first-order chi connectivity index (χ1) is 6.86. The number of rotatable bonds is 2. The number of halogens is 5. The lowest BCUT2D eigenvalue weighted by Crippen LogP contribution is -2.09. The van der Waals surface area contributed by atoms with E-state index in [-0.39, 0.29) is 0 Å². The molecule has 0 aliphatic rings. The Morgan fingerprint density at radius 3 is 1.80 bits per heavy atom. The van der Waals surface area contributed by atoms with Crippen LogP contribution in [0.5, 0.6) is 0 Å². The van der Waals surface area contributed by atoms with Crippen molar-refractivity contribution in [3.05, 3.63) is 33.9 Å². The van der Waals surface area contributed by atoms with Crippen molar-refractivity contribution in [3.8, 4) is 0 Å². The van der Waals surface area contributed by atoms with Gasteiger partial charge in [0.1, 0.15) is 5.02 Å². The molecule has 0 heterocycles. The Bertz CT molecular complexity index is 404. The molecular weight excluding hydrogens is 240 g/mol. The molecule has 0 spiro atoms. The monoisotopic (exact) mass is 242 g/mol. The molecule has 0 aromatic heterocycles. The fraction of sp³-hybridized carbons (Fsp3) is 0.125. The van der Waals surface area contributed by atoms with Crippen LogP contribution in [0.3, 0.4) is 0 Å². The lowest BCUT2D eigenvalue weighted by atomic mass is 10.1. The Hall–Kier alpha value is -1.30. The molecule has 82 valence electrons. The second kappa shape index (κ2) is 4.06. The van der Waals surface area contributed by atoms with E-state index in [9.17, 15) is 22.4 Å². The molecule has 0 unspecified atom stereocenters. The van der Waals surface area contributed by atoms with Gasteiger partial charge in [-0.15, -0.1) is 0 Å². The van der Waals surface area contributed by atoms with Gasteiger partial charge in [0, 0.05) is 5.56 Å². The molecule has 0 saturated heterocycles. The van der Waals surface area contributed by atoms with Crippen LogP contribution in [-0.2, 0) is 11.2 Å². The number of carboxylic acids is 1. The maximum absolute atomic E-state index is 12.9. The van der Waals surface area contributed by atoms with Crippen molar-refractivity contribution in [1.29, 1.82) is 0 Å². The Labute approximate surface area is 86.1 Å². The minimum atomic E-state index is -1.80. The van der Waals surface area contributed by atoms with E-state index >= 15 is 0 Å². The smallest absolute Gasteiger partial charge is 0.308 e. The second-order valence-electron chi connectivity index (χ2n) is 2.62. The molecule has 0 saturated carbocycles. The standard InChI is InChI=1S/C8H3ClF4O2/c9-4-7(12)5(10)2(1-3(14)15)6(11)8(4)13/h1H2,(H,14,15). The highest BCUT2D eigenvalue weighted by atomic mass is 35.5. The largest absolute Gasteiger partial charge is 0.481 e. The summed E-state index contributed by atoms with van der Waals surface area (Å²) in [4.78, 5) is 10.2. The minimum absolute atomic E-state index is 1.16. The third kappa shape index (κ3) is 2.04. The third-order valence-corrected chi connectivity index (χ3v) is 1.96. The lowest BCUT2D eigenvalue weighted by molar-refractivity contribution is -0.136. The Morgan fingerprint density at radius 1 is 1.07 bits per heavy atom. The molecule has 0 radical (unpaired) electrons. The summed E-state index contributed by atoms with van der Waals surface area (Å²) >= 11 is 4.92. The van der Waals surface area contributed by atoms with Crippen LogP contribution in [0, 0.1) is 23.3 Å². The van der Waals surface area contributed by atoms with Crippen LogP contribution in [0.25, 0.3) is 0 Å². The first-order valence-corrected chi connectivity index (χ1v) is 3.96. The predicted octanol–water partition coefficient (Wildman–Crippen LogP) is 2.52. The number of carboxylic acid groups (broad SMARTS) is 1.